The van der Waals surface area contributed by atoms with Crippen LogP contribution >= 0.6 is 0 Å². The van der Waals surface area contributed by atoms with E-state index in [9.17, 15) is 13.6 Å². The number of benzene rings is 2. The Morgan fingerprint density at radius 1 is 1.23 bits per heavy atom. The average molecular weight is 298 g/mol. The molecule has 1 amide bonds. The summed E-state index contributed by atoms with van der Waals surface area (Å²) in [6.07, 6.45) is 0.654. The van der Waals surface area contributed by atoms with Gasteiger partial charge in [0.15, 0.2) is 0 Å². The smallest absolute Gasteiger partial charge is 0.228 e. The third-order valence-electron chi connectivity index (χ3n) is 3.76. The van der Waals surface area contributed by atoms with Crippen molar-refractivity contribution in [1.82, 2.24) is 0 Å². The normalized spacial score (nSPS) is 19.3. The Bertz CT molecular complexity index is 782. The molecule has 5 heteroatoms. The minimum atomic E-state index is -0.621. The Kier molecular flexibility index (Phi) is 3.60. The quantitative estimate of drug-likeness (QED) is 0.941. The molecule has 0 radical (unpaired) electrons. The van der Waals surface area contributed by atoms with Gasteiger partial charge >= 0.3 is 0 Å². The summed E-state index contributed by atoms with van der Waals surface area (Å²) in [5.74, 6) is -1.36. The molecule has 110 valence electrons. The zero-order valence-corrected chi connectivity index (χ0v) is 11.5. The number of amides is 1. The van der Waals surface area contributed by atoms with Gasteiger partial charge < -0.3 is 5.32 Å². The highest BCUT2D eigenvalue weighted by molar-refractivity contribution is 5.95. The molecule has 1 N–H and O–H groups in total. The maximum Gasteiger partial charge on any atom is 0.228 e. The number of halogens is 2. The van der Waals surface area contributed by atoms with Crippen LogP contribution in [-0.2, 0) is 4.79 Å². The highest BCUT2D eigenvalue weighted by Gasteiger charge is 2.44. The number of anilines is 1. The van der Waals surface area contributed by atoms with E-state index in [0.29, 0.717) is 12.1 Å². The number of nitriles is 1. The van der Waals surface area contributed by atoms with Crippen LogP contribution in [0.4, 0.5) is 14.5 Å². The van der Waals surface area contributed by atoms with E-state index >= 15 is 0 Å². The van der Waals surface area contributed by atoms with Gasteiger partial charge in [-0.3, -0.25) is 4.79 Å². The summed E-state index contributed by atoms with van der Waals surface area (Å²) < 4.78 is 26.4. The van der Waals surface area contributed by atoms with E-state index in [2.05, 4.69) is 5.32 Å². The molecular formula is C17H12F2N2O. The van der Waals surface area contributed by atoms with Crippen molar-refractivity contribution in [3.8, 4) is 6.07 Å². The van der Waals surface area contributed by atoms with Gasteiger partial charge in [0.05, 0.1) is 5.56 Å². The summed E-state index contributed by atoms with van der Waals surface area (Å²) in [4.78, 5) is 12.1. The summed E-state index contributed by atoms with van der Waals surface area (Å²) in [7, 11) is 0. The summed E-state index contributed by atoms with van der Waals surface area (Å²) >= 11 is 0. The number of hydrogen-bond donors (Lipinski definition) is 1. The van der Waals surface area contributed by atoms with Gasteiger partial charge in [0.25, 0.3) is 0 Å². The molecule has 0 bridgehead atoms. The van der Waals surface area contributed by atoms with Gasteiger partial charge in [0, 0.05) is 11.6 Å². The van der Waals surface area contributed by atoms with Crippen LogP contribution in [0.5, 0.6) is 0 Å². The predicted octanol–water partition coefficient (Wildman–Crippen LogP) is 3.58. The zero-order valence-electron chi connectivity index (χ0n) is 11.5. The SMILES string of the molecule is N#Cc1cc(NC(=O)C2CC2c2cccc(F)c2)ccc1F. The Morgan fingerprint density at radius 3 is 2.77 bits per heavy atom. The molecule has 2 atom stereocenters. The first-order chi connectivity index (χ1) is 10.6. The monoisotopic (exact) mass is 298 g/mol. The summed E-state index contributed by atoms with van der Waals surface area (Å²) in [6.45, 7) is 0. The van der Waals surface area contributed by atoms with Gasteiger partial charge in [0.2, 0.25) is 5.91 Å². The van der Waals surface area contributed by atoms with E-state index in [1.54, 1.807) is 18.2 Å². The molecule has 0 spiro atoms. The average Bonchev–Trinajstić information content (AvgIpc) is 3.30. The van der Waals surface area contributed by atoms with Crippen molar-refractivity contribution in [3.63, 3.8) is 0 Å². The Balaban J connectivity index is 1.68. The Hall–Kier alpha value is -2.74. The van der Waals surface area contributed by atoms with Crippen molar-refractivity contribution in [2.75, 3.05) is 5.32 Å². The first-order valence-corrected chi connectivity index (χ1v) is 6.84. The Morgan fingerprint density at radius 2 is 2.05 bits per heavy atom. The molecule has 1 aliphatic rings. The zero-order chi connectivity index (χ0) is 15.7. The fourth-order valence-corrected chi connectivity index (χ4v) is 2.51. The van der Waals surface area contributed by atoms with Gasteiger partial charge in [-0.15, -0.1) is 0 Å². The maximum absolute atomic E-state index is 13.2. The number of carbonyl (C=O) groups is 1. The highest BCUT2D eigenvalue weighted by atomic mass is 19.1. The van der Waals surface area contributed by atoms with Crippen LogP contribution < -0.4 is 5.32 Å². The fraction of sp³-hybridized carbons (Fsp3) is 0.176. The van der Waals surface area contributed by atoms with E-state index in [-0.39, 0.29) is 29.1 Å². The summed E-state index contributed by atoms with van der Waals surface area (Å²) in [5.41, 5.74) is 1.07. The molecular weight excluding hydrogens is 286 g/mol. The number of nitrogens with one attached hydrogen (secondary N) is 1. The first-order valence-electron chi connectivity index (χ1n) is 6.84. The number of nitrogens with zero attached hydrogens (tertiary/aromatic N) is 1. The molecule has 3 nitrogen and oxygen atoms in total. The van der Waals surface area contributed by atoms with E-state index in [1.807, 2.05) is 0 Å². The summed E-state index contributed by atoms with van der Waals surface area (Å²) in [6, 6.07) is 11.8. The topological polar surface area (TPSA) is 52.9 Å². The second kappa shape index (κ2) is 5.57. The van der Waals surface area contributed by atoms with Gasteiger partial charge in [-0.05, 0) is 48.2 Å². The maximum atomic E-state index is 13.2. The van der Waals surface area contributed by atoms with E-state index in [4.69, 9.17) is 5.26 Å². The molecule has 0 heterocycles. The van der Waals surface area contributed by atoms with Crippen LogP contribution in [0.15, 0.2) is 42.5 Å². The lowest BCUT2D eigenvalue weighted by molar-refractivity contribution is -0.117. The van der Waals surface area contributed by atoms with Crippen LogP contribution in [0.3, 0.4) is 0 Å². The molecule has 1 fully saturated rings. The van der Waals surface area contributed by atoms with E-state index in [1.165, 1.54) is 24.3 Å². The minimum Gasteiger partial charge on any atom is -0.326 e. The number of carbonyl (C=O) groups excluding carboxylic acids is 1. The van der Waals surface area contributed by atoms with Crippen LogP contribution in [0.2, 0.25) is 0 Å². The van der Waals surface area contributed by atoms with Crippen molar-refractivity contribution < 1.29 is 13.6 Å². The third-order valence-corrected chi connectivity index (χ3v) is 3.76. The van der Waals surface area contributed by atoms with Crippen LogP contribution in [0, 0.1) is 28.9 Å². The summed E-state index contributed by atoms with van der Waals surface area (Å²) in [5, 5.41) is 11.4. The number of rotatable bonds is 3. The molecule has 22 heavy (non-hydrogen) atoms. The number of hydrogen-bond acceptors (Lipinski definition) is 2. The van der Waals surface area contributed by atoms with Crippen LogP contribution in [0.1, 0.15) is 23.5 Å². The van der Waals surface area contributed by atoms with E-state index in [0.717, 1.165) is 11.6 Å². The van der Waals surface area contributed by atoms with Crippen molar-refractivity contribution in [3.05, 3.63) is 65.2 Å². The highest BCUT2D eigenvalue weighted by Crippen LogP contribution is 2.48. The molecule has 2 aromatic rings. The molecule has 3 rings (SSSR count). The largest absolute Gasteiger partial charge is 0.326 e. The minimum absolute atomic E-state index is 0.00610. The lowest BCUT2D eigenvalue weighted by atomic mass is 10.1. The molecule has 1 aliphatic carbocycles. The van der Waals surface area contributed by atoms with Gasteiger partial charge in [-0.2, -0.15) is 5.26 Å². The molecule has 2 aromatic carbocycles. The van der Waals surface area contributed by atoms with Crippen LogP contribution in [-0.4, -0.2) is 5.91 Å². The van der Waals surface area contributed by atoms with E-state index < -0.39 is 5.82 Å². The predicted molar refractivity (Wildman–Crippen MR) is 77.0 cm³/mol. The van der Waals surface area contributed by atoms with Crippen LogP contribution in [0.25, 0.3) is 0 Å². The molecule has 2 unspecified atom stereocenters. The lowest BCUT2D eigenvalue weighted by Crippen LogP contribution is -2.14. The van der Waals surface area contributed by atoms with Crippen molar-refractivity contribution in [2.45, 2.75) is 12.3 Å². The van der Waals surface area contributed by atoms with Crippen molar-refractivity contribution >= 4 is 11.6 Å². The second-order valence-corrected chi connectivity index (χ2v) is 5.30. The first kappa shape index (κ1) is 14.2. The van der Waals surface area contributed by atoms with Crippen molar-refractivity contribution in [2.24, 2.45) is 5.92 Å². The Labute approximate surface area is 126 Å². The third kappa shape index (κ3) is 2.82. The molecule has 0 aromatic heterocycles. The molecule has 1 saturated carbocycles. The fourth-order valence-electron chi connectivity index (χ4n) is 2.51. The molecule has 0 saturated heterocycles. The lowest BCUT2D eigenvalue weighted by Gasteiger charge is -2.06. The van der Waals surface area contributed by atoms with Gasteiger partial charge in [-0.25, -0.2) is 8.78 Å². The standard InChI is InChI=1S/C17H12F2N2O/c18-12-3-1-2-10(6-12)14-8-15(14)17(22)21-13-4-5-16(19)11(7-13)9-20/h1-7,14-15H,8H2,(H,21,22). The molecule has 0 aliphatic heterocycles. The van der Waals surface area contributed by atoms with Gasteiger partial charge in [-0.1, -0.05) is 12.1 Å². The second-order valence-electron chi connectivity index (χ2n) is 5.30. The van der Waals surface area contributed by atoms with Crippen molar-refractivity contribution in [1.29, 1.82) is 5.26 Å². The van der Waals surface area contributed by atoms with Gasteiger partial charge in [0.1, 0.15) is 17.7 Å².